The summed E-state index contributed by atoms with van der Waals surface area (Å²) in [6.07, 6.45) is 0.868. The van der Waals surface area contributed by atoms with E-state index in [-0.39, 0.29) is 0 Å². The predicted octanol–water partition coefficient (Wildman–Crippen LogP) is 3.02. The number of piperidine rings is 1. The zero-order valence-corrected chi connectivity index (χ0v) is 13.8. The maximum Gasteiger partial charge on any atom is 0.125 e. The second kappa shape index (κ2) is 7.28. The first-order chi connectivity index (χ1) is 9.95. The number of aryl methyl sites for hydroxylation is 2. The molecule has 1 N–H and O–H groups in total. The number of hydrogen-bond acceptors (Lipinski definition) is 3. The van der Waals surface area contributed by atoms with E-state index in [9.17, 15) is 5.11 Å². The summed E-state index contributed by atoms with van der Waals surface area (Å²) in [6.45, 7) is 11.9. The Bertz CT molecular complexity index is 430. The summed E-state index contributed by atoms with van der Waals surface area (Å²) >= 11 is 0. The van der Waals surface area contributed by atoms with Crippen molar-refractivity contribution in [2.75, 3.05) is 26.2 Å². The van der Waals surface area contributed by atoms with Crippen LogP contribution in [-0.4, -0.2) is 42.4 Å². The summed E-state index contributed by atoms with van der Waals surface area (Å²) in [5.74, 6) is 2.36. The molecular weight excluding hydrogens is 262 g/mol. The number of hydrogen-bond donors (Lipinski definition) is 1. The average molecular weight is 291 g/mol. The van der Waals surface area contributed by atoms with E-state index in [0.717, 1.165) is 41.8 Å². The fourth-order valence-corrected chi connectivity index (χ4v) is 3.50. The second-order valence-electron chi connectivity index (χ2n) is 6.85. The Hall–Kier alpha value is -1.06. The van der Waals surface area contributed by atoms with Crippen molar-refractivity contribution in [3.05, 3.63) is 29.3 Å². The molecule has 1 heterocycles. The van der Waals surface area contributed by atoms with Crippen LogP contribution in [0.5, 0.6) is 5.75 Å². The van der Waals surface area contributed by atoms with Gasteiger partial charge in [0.05, 0.1) is 0 Å². The number of ether oxygens (including phenoxy) is 1. The Kier molecular flexibility index (Phi) is 5.65. The highest BCUT2D eigenvalue weighted by atomic mass is 16.5. The van der Waals surface area contributed by atoms with Crippen molar-refractivity contribution < 1.29 is 9.84 Å². The molecule has 1 aliphatic heterocycles. The van der Waals surface area contributed by atoms with Crippen molar-refractivity contribution in [1.29, 1.82) is 0 Å². The molecular formula is C18H29NO2. The third-order valence-electron chi connectivity index (χ3n) is 4.24. The topological polar surface area (TPSA) is 32.7 Å². The number of benzene rings is 1. The van der Waals surface area contributed by atoms with E-state index in [2.05, 4.69) is 18.7 Å². The van der Waals surface area contributed by atoms with Gasteiger partial charge in [0.15, 0.2) is 0 Å². The standard InChI is InChI=1S/C18H29NO2/c1-13-8-14(2)10-19(9-13)11-17(20)12-21-18-15(3)6-5-7-16(18)4/h5-7,13-14,17,20H,8-12H2,1-4H3/t13-,14-,17-/m0/s1. The minimum Gasteiger partial charge on any atom is -0.490 e. The van der Waals surface area contributed by atoms with Gasteiger partial charge in [-0.2, -0.15) is 0 Å². The molecule has 21 heavy (non-hydrogen) atoms. The van der Waals surface area contributed by atoms with E-state index in [4.69, 9.17) is 4.74 Å². The van der Waals surface area contributed by atoms with Crippen molar-refractivity contribution >= 4 is 0 Å². The van der Waals surface area contributed by atoms with Crippen LogP contribution in [0.15, 0.2) is 18.2 Å². The van der Waals surface area contributed by atoms with Crippen molar-refractivity contribution in [2.24, 2.45) is 11.8 Å². The van der Waals surface area contributed by atoms with Gasteiger partial charge in [-0.15, -0.1) is 0 Å². The molecule has 0 spiro atoms. The van der Waals surface area contributed by atoms with Crippen LogP contribution in [0.1, 0.15) is 31.4 Å². The smallest absolute Gasteiger partial charge is 0.125 e. The van der Waals surface area contributed by atoms with Gasteiger partial charge in [-0.1, -0.05) is 32.0 Å². The summed E-state index contributed by atoms with van der Waals surface area (Å²) in [6, 6.07) is 6.12. The molecule has 0 amide bonds. The highest BCUT2D eigenvalue weighted by Crippen LogP contribution is 2.23. The van der Waals surface area contributed by atoms with Crippen LogP contribution in [0.3, 0.4) is 0 Å². The molecule has 0 bridgehead atoms. The van der Waals surface area contributed by atoms with E-state index in [1.165, 1.54) is 6.42 Å². The molecule has 3 nitrogen and oxygen atoms in total. The molecule has 0 radical (unpaired) electrons. The quantitative estimate of drug-likeness (QED) is 0.905. The van der Waals surface area contributed by atoms with Crippen LogP contribution in [0.25, 0.3) is 0 Å². The Labute approximate surface area is 128 Å². The molecule has 1 aliphatic rings. The lowest BCUT2D eigenvalue weighted by Gasteiger charge is -2.36. The minimum atomic E-state index is -0.429. The molecule has 3 heteroatoms. The highest BCUT2D eigenvalue weighted by molar-refractivity contribution is 5.39. The summed E-state index contributed by atoms with van der Waals surface area (Å²) in [5, 5.41) is 10.3. The van der Waals surface area contributed by atoms with Gasteiger partial charge in [0.2, 0.25) is 0 Å². The SMILES string of the molecule is Cc1cccc(C)c1OC[C@@H](O)CN1C[C@@H](C)C[C@H](C)C1. The Morgan fingerprint density at radius 3 is 2.33 bits per heavy atom. The van der Waals surface area contributed by atoms with Gasteiger partial charge >= 0.3 is 0 Å². The molecule has 3 atom stereocenters. The first-order valence-corrected chi connectivity index (χ1v) is 8.05. The van der Waals surface area contributed by atoms with E-state index < -0.39 is 6.10 Å². The second-order valence-corrected chi connectivity index (χ2v) is 6.85. The molecule has 2 rings (SSSR count). The zero-order valence-electron chi connectivity index (χ0n) is 13.8. The molecule has 1 saturated heterocycles. The Morgan fingerprint density at radius 1 is 1.19 bits per heavy atom. The summed E-state index contributed by atoms with van der Waals surface area (Å²) in [7, 11) is 0. The fourth-order valence-electron chi connectivity index (χ4n) is 3.50. The van der Waals surface area contributed by atoms with Gasteiger partial charge in [-0.3, -0.25) is 0 Å². The Balaban J connectivity index is 1.83. The lowest BCUT2D eigenvalue weighted by atomic mass is 9.92. The van der Waals surface area contributed by atoms with Crippen molar-refractivity contribution in [3.8, 4) is 5.75 Å². The Morgan fingerprint density at radius 2 is 1.76 bits per heavy atom. The van der Waals surface area contributed by atoms with Gasteiger partial charge in [-0.05, 0) is 43.2 Å². The van der Waals surface area contributed by atoms with Gasteiger partial charge in [-0.25, -0.2) is 0 Å². The molecule has 1 fully saturated rings. The fraction of sp³-hybridized carbons (Fsp3) is 0.667. The molecule has 0 unspecified atom stereocenters. The van der Waals surface area contributed by atoms with Gasteiger partial charge in [0, 0.05) is 19.6 Å². The number of likely N-dealkylation sites (tertiary alicyclic amines) is 1. The van der Waals surface area contributed by atoms with Crippen LogP contribution in [0, 0.1) is 25.7 Å². The molecule has 1 aromatic carbocycles. The maximum absolute atomic E-state index is 10.3. The third kappa shape index (κ3) is 4.72. The first-order valence-electron chi connectivity index (χ1n) is 8.05. The van der Waals surface area contributed by atoms with Gasteiger partial charge in [0.1, 0.15) is 18.5 Å². The van der Waals surface area contributed by atoms with Crippen LogP contribution in [0.2, 0.25) is 0 Å². The number of rotatable bonds is 5. The molecule has 1 aromatic rings. The van der Waals surface area contributed by atoms with Crippen LogP contribution in [-0.2, 0) is 0 Å². The van der Waals surface area contributed by atoms with E-state index in [1.807, 2.05) is 32.0 Å². The largest absolute Gasteiger partial charge is 0.490 e. The number of β-amino-alcohol motifs (C(OH)–C–C–N with tert-alkyl or cyclic N) is 1. The average Bonchev–Trinajstić information content (AvgIpc) is 2.36. The monoisotopic (exact) mass is 291 g/mol. The van der Waals surface area contributed by atoms with E-state index >= 15 is 0 Å². The summed E-state index contributed by atoms with van der Waals surface area (Å²) in [4.78, 5) is 2.37. The molecule has 0 aromatic heterocycles. The van der Waals surface area contributed by atoms with Crippen LogP contribution < -0.4 is 4.74 Å². The van der Waals surface area contributed by atoms with Crippen molar-refractivity contribution in [2.45, 2.75) is 40.2 Å². The predicted molar refractivity (Wildman–Crippen MR) is 86.8 cm³/mol. The van der Waals surface area contributed by atoms with E-state index in [0.29, 0.717) is 13.2 Å². The normalized spacial score (nSPS) is 24.8. The zero-order chi connectivity index (χ0) is 15.4. The maximum atomic E-state index is 10.3. The van der Waals surface area contributed by atoms with Crippen molar-refractivity contribution in [1.82, 2.24) is 4.90 Å². The van der Waals surface area contributed by atoms with Crippen LogP contribution in [0.4, 0.5) is 0 Å². The van der Waals surface area contributed by atoms with E-state index in [1.54, 1.807) is 0 Å². The minimum absolute atomic E-state index is 0.366. The number of nitrogens with zero attached hydrogens (tertiary/aromatic N) is 1. The number of aliphatic hydroxyl groups excluding tert-OH is 1. The lowest BCUT2D eigenvalue weighted by Crippen LogP contribution is -2.44. The third-order valence-corrected chi connectivity index (χ3v) is 4.24. The molecule has 118 valence electrons. The highest BCUT2D eigenvalue weighted by Gasteiger charge is 2.23. The first kappa shape index (κ1) is 16.3. The number of aliphatic hydroxyl groups is 1. The number of para-hydroxylation sites is 1. The molecule has 0 aliphatic carbocycles. The molecule has 0 saturated carbocycles. The van der Waals surface area contributed by atoms with Gasteiger partial charge < -0.3 is 14.7 Å². The lowest BCUT2D eigenvalue weighted by molar-refractivity contribution is 0.0426. The van der Waals surface area contributed by atoms with Gasteiger partial charge in [0.25, 0.3) is 0 Å². The summed E-state index contributed by atoms with van der Waals surface area (Å²) in [5.41, 5.74) is 2.25. The summed E-state index contributed by atoms with van der Waals surface area (Å²) < 4.78 is 5.85. The van der Waals surface area contributed by atoms with Crippen LogP contribution >= 0.6 is 0 Å². The van der Waals surface area contributed by atoms with Crippen molar-refractivity contribution in [3.63, 3.8) is 0 Å².